The Morgan fingerprint density at radius 3 is 2.89 bits per heavy atom. The van der Waals surface area contributed by atoms with Gasteiger partial charge in [-0.1, -0.05) is 29.8 Å². The SMILES string of the molecule is Cn1ncc(NCc2ccccc2F)c(Cl)c1=O. The van der Waals surface area contributed by atoms with Crippen molar-refractivity contribution in [2.45, 2.75) is 6.54 Å². The van der Waals surface area contributed by atoms with Gasteiger partial charge in [-0.2, -0.15) is 5.10 Å². The van der Waals surface area contributed by atoms with E-state index in [9.17, 15) is 9.18 Å². The number of hydrogen-bond acceptors (Lipinski definition) is 3. The normalized spacial score (nSPS) is 10.4. The highest BCUT2D eigenvalue weighted by atomic mass is 35.5. The lowest BCUT2D eigenvalue weighted by molar-refractivity contribution is 0.613. The van der Waals surface area contributed by atoms with E-state index in [0.717, 1.165) is 4.68 Å². The van der Waals surface area contributed by atoms with Gasteiger partial charge >= 0.3 is 0 Å². The van der Waals surface area contributed by atoms with Gasteiger partial charge in [0.25, 0.3) is 5.56 Å². The van der Waals surface area contributed by atoms with E-state index in [1.165, 1.54) is 19.3 Å². The van der Waals surface area contributed by atoms with Crippen molar-refractivity contribution in [2.75, 3.05) is 5.32 Å². The zero-order valence-corrected chi connectivity index (χ0v) is 10.4. The maximum atomic E-state index is 13.4. The fraction of sp³-hybridized carbons (Fsp3) is 0.167. The van der Waals surface area contributed by atoms with Crippen LogP contribution >= 0.6 is 11.6 Å². The molecule has 0 amide bonds. The summed E-state index contributed by atoms with van der Waals surface area (Å²) in [6, 6.07) is 6.39. The first kappa shape index (κ1) is 12.6. The largest absolute Gasteiger partial charge is 0.378 e. The average Bonchev–Trinajstić information content (AvgIpc) is 2.37. The maximum Gasteiger partial charge on any atom is 0.287 e. The van der Waals surface area contributed by atoms with Crippen molar-refractivity contribution in [1.82, 2.24) is 9.78 Å². The van der Waals surface area contributed by atoms with Gasteiger partial charge in [0, 0.05) is 19.2 Å². The first-order valence-corrected chi connectivity index (χ1v) is 5.66. The molecule has 18 heavy (non-hydrogen) atoms. The van der Waals surface area contributed by atoms with Crippen molar-refractivity contribution >= 4 is 17.3 Å². The number of aryl methyl sites for hydroxylation is 1. The third kappa shape index (κ3) is 2.51. The molecule has 0 unspecified atom stereocenters. The van der Waals surface area contributed by atoms with Gasteiger partial charge in [0.05, 0.1) is 11.9 Å². The first-order chi connectivity index (χ1) is 8.59. The van der Waals surface area contributed by atoms with E-state index in [1.54, 1.807) is 18.2 Å². The lowest BCUT2D eigenvalue weighted by atomic mass is 10.2. The van der Waals surface area contributed by atoms with Crippen LogP contribution in [0.5, 0.6) is 0 Å². The molecule has 0 radical (unpaired) electrons. The van der Waals surface area contributed by atoms with Crippen LogP contribution in [0.25, 0.3) is 0 Å². The quantitative estimate of drug-likeness (QED) is 0.927. The van der Waals surface area contributed by atoms with Crippen LogP contribution in [-0.4, -0.2) is 9.78 Å². The maximum absolute atomic E-state index is 13.4. The summed E-state index contributed by atoms with van der Waals surface area (Å²) in [6.45, 7) is 0.237. The van der Waals surface area contributed by atoms with E-state index in [0.29, 0.717) is 11.3 Å². The molecule has 0 aliphatic heterocycles. The number of halogens is 2. The number of hydrogen-bond donors (Lipinski definition) is 1. The second kappa shape index (κ2) is 5.18. The summed E-state index contributed by atoms with van der Waals surface area (Å²) in [4.78, 5) is 11.5. The minimum atomic E-state index is -0.393. The van der Waals surface area contributed by atoms with Crippen molar-refractivity contribution in [1.29, 1.82) is 0 Å². The molecule has 0 saturated heterocycles. The fourth-order valence-electron chi connectivity index (χ4n) is 1.47. The van der Waals surface area contributed by atoms with Gasteiger partial charge in [0.15, 0.2) is 0 Å². The minimum absolute atomic E-state index is 0.0452. The smallest absolute Gasteiger partial charge is 0.287 e. The van der Waals surface area contributed by atoms with Crippen LogP contribution in [0.15, 0.2) is 35.3 Å². The Bertz CT molecular complexity index is 627. The number of nitrogens with one attached hydrogen (secondary N) is 1. The Morgan fingerprint density at radius 1 is 1.44 bits per heavy atom. The summed E-state index contributed by atoms with van der Waals surface area (Å²) in [5.41, 5.74) is 0.493. The molecule has 6 heteroatoms. The van der Waals surface area contributed by atoms with E-state index >= 15 is 0 Å². The minimum Gasteiger partial charge on any atom is -0.378 e. The summed E-state index contributed by atoms with van der Waals surface area (Å²) in [6.07, 6.45) is 1.44. The molecule has 1 heterocycles. The standard InChI is InChI=1S/C12H11ClFN3O/c1-17-12(18)11(13)10(7-16-17)15-6-8-4-2-3-5-9(8)14/h2-5,7,15H,6H2,1H3. The molecule has 1 aromatic carbocycles. The molecule has 4 nitrogen and oxygen atoms in total. The predicted octanol–water partition coefficient (Wildman–Crippen LogP) is 2.18. The summed E-state index contributed by atoms with van der Waals surface area (Å²) >= 11 is 5.87. The Morgan fingerprint density at radius 2 is 2.17 bits per heavy atom. The molecule has 94 valence electrons. The van der Waals surface area contributed by atoms with Gasteiger partial charge in [0.1, 0.15) is 10.8 Å². The van der Waals surface area contributed by atoms with Crippen molar-refractivity contribution in [2.24, 2.45) is 7.05 Å². The van der Waals surface area contributed by atoms with Gasteiger partial charge in [-0.25, -0.2) is 9.07 Å². The van der Waals surface area contributed by atoms with E-state index in [-0.39, 0.29) is 17.4 Å². The second-order valence-electron chi connectivity index (χ2n) is 3.75. The molecule has 0 saturated carbocycles. The molecular formula is C12H11ClFN3O. The first-order valence-electron chi connectivity index (χ1n) is 5.28. The van der Waals surface area contributed by atoms with Gasteiger partial charge in [0.2, 0.25) is 0 Å². The summed E-state index contributed by atoms with van der Waals surface area (Å²) in [5.74, 6) is -0.307. The highest BCUT2D eigenvalue weighted by molar-refractivity contribution is 6.32. The molecule has 0 atom stereocenters. The van der Waals surface area contributed by atoms with Gasteiger partial charge in [-0.3, -0.25) is 4.79 Å². The van der Waals surface area contributed by atoms with Crippen molar-refractivity contribution in [3.05, 3.63) is 57.2 Å². The molecule has 0 bridgehead atoms. The number of nitrogens with zero attached hydrogens (tertiary/aromatic N) is 2. The van der Waals surface area contributed by atoms with Crippen LogP contribution in [0.4, 0.5) is 10.1 Å². The third-order valence-electron chi connectivity index (χ3n) is 2.51. The van der Waals surface area contributed by atoms with Crippen LogP contribution in [-0.2, 0) is 13.6 Å². The van der Waals surface area contributed by atoms with Gasteiger partial charge < -0.3 is 5.32 Å². The monoisotopic (exact) mass is 267 g/mol. The summed E-state index contributed by atoms with van der Waals surface area (Å²) in [5, 5.41) is 6.77. The van der Waals surface area contributed by atoms with Crippen LogP contribution < -0.4 is 10.9 Å². The zero-order valence-electron chi connectivity index (χ0n) is 9.65. The molecular weight excluding hydrogens is 257 g/mol. The number of benzene rings is 1. The molecule has 2 rings (SSSR count). The van der Waals surface area contributed by atoms with Crippen LogP contribution in [0.2, 0.25) is 5.02 Å². The van der Waals surface area contributed by atoms with Gasteiger partial charge in [-0.05, 0) is 6.07 Å². The topological polar surface area (TPSA) is 46.9 Å². The Labute approximate surface area is 108 Å². The number of rotatable bonds is 3. The third-order valence-corrected chi connectivity index (χ3v) is 2.87. The molecule has 0 spiro atoms. The van der Waals surface area contributed by atoms with Crippen molar-refractivity contribution < 1.29 is 4.39 Å². The molecule has 2 aromatic rings. The van der Waals surface area contributed by atoms with Crippen LogP contribution in [0.1, 0.15) is 5.56 Å². The molecule has 1 aromatic heterocycles. The molecule has 1 N–H and O–H groups in total. The highest BCUT2D eigenvalue weighted by Gasteiger charge is 2.07. The van der Waals surface area contributed by atoms with E-state index < -0.39 is 5.56 Å². The molecule has 0 aliphatic carbocycles. The van der Waals surface area contributed by atoms with E-state index in [4.69, 9.17) is 11.6 Å². The van der Waals surface area contributed by atoms with Crippen LogP contribution in [0.3, 0.4) is 0 Å². The predicted molar refractivity (Wildman–Crippen MR) is 68.2 cm³/mol. The Hall–Kier alpha value is -1.88. The average molecular weight is 268 g/mol. The van der Waals surface area contributed by atoms with Gasteiger partial charge in [-0.15, -0.1) is 0 Å². The molecule has 0 aliphatic rings. The second-order valence-corrected chi connectivity index (χ2v) is 4.12. The fourth-order valence-corrected chi connectivity index (χ4v) is 1.70. The van der Waals surface area contributed by atoms with Crippen molar-refractivity contribution in [3.8, 4) is 0 Å². The highest BCUT2D eigenvalue weighted by Crippen LogP contribution is 2.16. The summed E-state index contributed by atoms with van der Waals surface area (Å²) < 4.78 is 14.5. The number of aromatic nitrogens is 2. The Kier molecular flexibility index (Phi) is 3.62. The molecule has 0 fully saturated rings. The zero-order chi connectivity index (χ0) is 13.1. The Balaban J connectivity index is 2.19. The number of anilines is 1. The van der Waals surface area contributed by atoms with Crippen molar-refractivity contribution in [3.63, 3.8) is 0 Å². The van der Waals surface area contributed by atoms with E-state index in [2.05, 4.69) is 10.4 Å². The van der Waals surface area contributed by atoms with E-state index in [1.807, 2.05) is 0 Å². The lowest BCUT2D eigenvalue weighted by Crippen LogP contribution is -2.21. The lowest BCUT2D eigenvalue weighted by Gasteiger charge is -2.08. The van der Waals surface area contributed by atoms with Crippen LogP contribution in [0, 0.1) is 5.82 Å². The summed E-state index contributed by atoms with van der Waals surface area (Å²) in [7, 11) is 1.51.